The Labute approximate surface area is 281 Å². The number of amidine groups is 2. The number of nitrogens with zero attached hydrogens (tertiary/aromatic N) is 3. The van der Waals surface area contributed by atoms with Crippen LogP contribution in [0.4, 0.5) is 0 Å². The fraction of sp³-hybridized carbons (Fsp3) is 0.0227. The zero-order chi connectivity index (χ0) is 32.3. The molecule has 9 aromatic rings. The summed E-state index contributed by atoms with van der Waals surface area (Å²) in [5, 5.41) is 12.7. The van der Waals surface area contributed by atoms with E-state index >= 15 is 0 Å². The molecule has 0 bridgehead atoms. The summed E-state index contributed by atoms with van der Waals surface area (Å²) in [5.74, 6) is 1.42. The molecule has 230 valence electrons. The first-order valence-electron chi connectivity index (χ1n) is 16.5. The van der Waals surface area contributed by atoms with E-state index in [1.807, 2.05) is 60.9 Å². The van der Waals surface area contributed by atoms with Crippen molar-refractivity contribution < 1.29 is 4.42 Å². The molecule has 1 aliphatic heterocycles. The van der Waals surface area contributed by atoms with Gasteiger partial charge in [0.05, 0.1) is 0 Å². The van der Waals surface area contributed by atoms with Crippen LogP contribution in [0.15, 0.2) is 172 Å². The van der Waals surface area contributed by atoms with Crippen molar-refractivity contribution in [1.29, 1.82) is 0 Å². The monoisotopic (exact) mass is 628 g/mol. The lowest BCUT2D eigenvalue weighted by Gasteiger charge is -2.23. The van der Waals surface area contributed by atoms with Crippen molar-refractivity contribution in [2.75, 3.05) is 0 Å². The first-order valence-corrected chi connectivity index (χ1v) is 16.5. The van der Waals surface area contributed by atoms with Gasteiger partial charge in [0.15, 0.2) is 5.84 Å². The minimum atomic E-state index is -0.300. The van der Waals surface area contributed by atoms with Crippen LogP contribution in [0, 0.1) is 0 Å². The van der Waals surface area contributed by atoms with E-state index < -0.39 is 0 Å². The highest BCUT2D eigenvalue weighted by molar-refractivity contribution is 6.26. The van der Waals surface area contributed by atoms with Crippen molar-refractivity contribution in [2.45, 2.75) is 6.17 Å². The second kappa shape index (κ2) is 11.0. The van der Waals surface area contributed by atoms with Crippen molar-refractivity contribution in [2.24, 2.45) is 9.98 Å². The van der Waals surface area contributed by atoms with Crippen LogP contribution >= 0.6 is 0 Å². The van der Waals surface area contributed by atoms with Gasteiger partial charge in [-0.25, -0.2) is 9.98 Å². The normalized spacial score (nSPS) is 14.7. The van der Waals surface area contributed by atoms with Crippen LogP contribution < -0.4 is 5.32 Å². The molecular formula is C44H28N4O. The highest BCUT2D eigenvalue weighted by Gasteiger charge is 2.24. The molecule has 3 heterocycles. The summed E-state index contributed by atoms with van der Waals surface area (Å²) < 4.78 is 6.76. The van der Waals surface area contributed by atoms with E-state index in [4.69, 9.17) is 19.4 Å². The summed E-state index contributed by atoms with van der Waals surface area (Å²) in [7, 11) is 0. The summed E-state index contributed by atoms with van der Waals surface area (Å²) in [4.78, 5) is 15.1. The largest absolute Gasteiger partial charge is 0.455 e. The Bertz CT molecular complexity index is 2800. The molecule has 1 N–H and O–H groups in total. The van der Waals surface area contributed by atoms with E-state index in [0.29, 0.717) is 5.84 Å². The Hall–Kier alpha value is -6.59. The molecule has 0 amide bonds. The first-order chi connectivity index (χ1) is 24.3. The quantitative estimate of drug-likeness (QED) is 0.197. The van der Waals surface area contributed by atoms with Gasteiger partial charge in [-0.3, -0.25) is 4.98 Å². The van der Waals surface area contributed by atoms with Crippen LogP contribution in [-0.4, -0.2) is 16.7 Å². The van der Waals surface area contributed by atoms with E-state index in [0.717, 1.165) is 61.0 Å². The Morgan fingerprint density at radius 1 is 0.531 bits per heavy atom. The van der Waals surface area contributed by atoms with Gasteiger partial charge in [-0.1, -0.05) is 133 Å². The summed E-state index contributed by atoms with van der Waals surface area (Å²) in [5.41, 5.74) is 6.57. The number of hydrogen-bond donors (Lipinski definition) is 1. The van der Waals surface area contributed by atoms with E-state index in [1.165, 1.54) is 26.9 Å². The summed E-state index contributed by atoms with van der Waals surface area (Å²) >= 11 is 0. The molecule has 1 atom stereocenters. The molecule has 0 spiro atoms. The van der Waals surface area contributed by atoms with Gasteiger partial charge in [0.25, 0.3) is 0 Å². The highest BCUT2D eigenvalue weighted by atomic mass is 16.3. The number of fused-ring (bicyclic) bond motifs is 8. The van der Waals surface area contributed by atoms with Crippen molar-refractivity contribution in [3.63, 3.8) is 0 Å². The van der Waals surface area contributed by atoms with Crippen molar-refractivity contribution >= 4 is 65.9 Å². The van der Waals surface area contributed by atoms with E-state index in [9.17, 15) is 0 Å². The number of aliphatic imine (C=N–C) groups is 2. The summed E-state index contributed by atoms with van der Waals surface area (Å²) in [6, 6.07) is 50.5. The zero-order valence-electron chi connectivity index (χ0n) is 26.3. The molecule has 5 heteroatoms. The Morgan fingerprint density at radius 3 is 2.12 bits per heavy atom. The average Bonchev–Trinajstić information content (AvgIpc) is 3.57. The SMILES string of the molecule is c1ccc(C2=NC(c3cccc4oc5c(-c6cc7ccc8ccccc8c7c7ccccc67)cncc5c34)=NC(c3ccccc3)N2)cc1. The van der Waals surface area contributed by atoms with Crippen molar-refractivity contribution in [1.82, 2.24) is 10.3 Å². The maximum absolute atomic E-state index is 6.76. The predicted molar refractivity (Wildman–Crippen MR) is 201 cm³/mol. The van der Waals surface area contributed by atoms with Crippen LogP contribution in [0.1, 0.15) is 22.9 Å². The molecule has 49 heavy (non-hydrogen) atoms. The van der Waals surface area contributed by atoms with Gasteiger partial charge < -0.3 is 9.73 Å². The molecule has 7 aromatic carbocycles. The number of aromatic nitrogens is 1. The standard InChI is InChI=1S/C44H28N4O/c1-3-13-28(14-4-1)42-46-43(29-15-5-2-6-16-29)48-44(47-42)34-20-11-21-38-40(34)37-26-45-25-36(41(37)49-38)35-24-30-23-22-27-12-7-8-17-31(27)39(30)33-19-10-9-18-32(33)35/h1-26,42H,(H,46,47,48). The third kappa shape index (κ3) is 4.44. The summed E-state index contributed by atoms with van der Waals surface area (Å²) in [6.07, 6.45) is 3.53. The lowest BCUT2D eigenvalue weighted by Crippen LogP contribution is -2.33. The minimum Gasteiger partial charge on any atom is -0.455 e. The Balaban J connectivity index is 1.21. The molecule has 5 nitrogen and oxygen atoms in total. The van der Waals surface area contributed by atoms with Crippen LogP contribution in [0.3, 0.4) is 0 Å². The van der Waals surface area contributed by atoms with Gasteiger partial charge in [-0.15, -0.1) is 0 Å². The molecule has 2 aromatic heterocycles. The van der Waals surface area contributed by atoms with Crippen LogP contribution in [0.5, 0.6) is 0 Å². The van der Waals surface area contributed by atoms with Gasteiger partial charge >= 0.3 is 0 Å². The smallest absolute Gasteiger partial charge is 0.160 e. The topological polar surface area (TPSA) is 62.8 Å². The first kappa shape index (κ1) is 27.5. The number of rotatable bonds is 4. The van der Waals surface area contributed by atoms with Gasteiger partial charge in [0, 0.05) is 39.9 Å². The zero-order valence-corrected chi connectivity index (χ0v) is 26.3. The molecular weight excluding hydrogens is 601 g/mol. The predicted octanol–water partition coefficient (Wildman–Crippen LogP) is 10.6. The maximum atomic E-state index is 6.76. The Morgan fingerprint density at radius 2 is 1.27 bits per heavy atom. The lowest BCUT2D eigenvalue weighted by molar-refractivity contribution is 0.669. The number of furan rings is 1. The molecule has 0 radical (unpaired) electrons. The van der Waals surface area contributed by atoms with Crippen molar-refractivity contribution in [3.8, 4) is 11.1 Å². The lowest BCUT2D eigenvalue weighted by atomic mass is 9.91. The average molecular weight is 629 g/mol. The van der Waals surface area contributed by atoms with E-state index in [2.05, 4.69) is 102 Å². The van der Waals surface area contributed by atoms with Gasteiger partial charge in [0.1, 0.15) is 23.2 Å². The molecule has 0 saturated heterocycles. The van der Waals surface area contributed by atoms with E-state index in [-0.39, 0.29) is 6.17 Å². The number of nitrogens with one attached hydrogen (secondary N) is 1. The molecule has 0 saturated carbocycles. The highest BCUT2D eigenvalue weighted by Crippen LogP contribution is 2.43. The minimum absolute atomic E-state index is 0.300. The van der Waals surface area contributed by atoms with Gasteiger partial charge in [-0.05, 0) is 55.6 Å². The number of benzene rings is 7. The second-order valence-electron chi connectivity index (χ2n) is 12.4. The molecule has 1 unspecified atom stereocenters. The third-order valence-corrected chi connectivity index (χ3v) is 9.59. The molecule has 10 rings (SSSR count). The fourth-order valence-electron chi connectivity index (χ4n) is 7.34. The van der Waals surface area contributed by atoms with Gasteiger partial charge in [-0.2, -0.15) is 0 Å². The van der Waals surface area contributed by atoms with Crippen molar-refractivity contribution in [3.05, 3.63) is 175 Å². The molecule has 0 aliphatic carbocycles. The molecule has 1 aliphatic rings. The maximum Gasteiger partial charge on any atom is 0.160 e. The summed E-state index contributed by atoms with van der Waals surface area (Å²) in [6.45, 7) is 0. The van der Waals surface area contributed by atoms with Crippen LogP contribution in [-0.2, 0) is 0 Å². The second-order valence-corrected chi connectivity index (χ2v) is 12.4. The Kier molecular flexibility index (Phi) is 6.18. The third-order valence-electron chi connectivity index (χ3n) is 9.59. The fourth-order valence-corrected chi connectivity index (χ4v) is 7.34. The number of pyridine rings is 1. The van der Waals surface area contributed by atoms with Gasteiger partial charge in [0.2, 0.25) is 0 Å². The number of hydrogen-bond acceptors (Lipinski definition) is 5. The van der Waals surface area contributed by atoms with E-state index in [1.54, 1.807) is 0 Å². The molecule has 0 fully saturated rings. The van der Waals surface area contributed by atoms with Crippen LogP contribution in [0.2, 0.25) is 0 Å². The van der Waals surface area contributed by atoms with Crippen LogP contribution in [0.25, 0.3) is 65.4 Å².